The van der Waals surface area contributed by atoms with Crippen molar-refractivity contribution in [1.82, 2.24) is 0 Å². The molecule has 0 aliphatic heterocycles. The highest BCUT2D eigenvalue weighted by Gasteiger charge is 2.25. The minimum atomic E-state index is -0.949. The van der Waals surface area contributed by atoms with Crippen molar-refractivity contribution in [3.8, 4) is 0 Å². The zero-order valence-electron chi connectivity index (χ0n) is 11.1. The van der Waals surface area contributed by atoms with E-state index in [0.29, 0.717) is 12.1 Å². The smallest absolute Gasteiger partial charge is 0.337 e. The van der Waals surface area contributed by atoms with Crippen LogP contribution in [0.1, 0.15) is 37.6 Å². The Morgan fingerprint density at radius 2 is 1.94 bits per heavy atom. The second kappa shape index (κ2) is 5.87. The van der Waals surface area contributed by atoms with Gasteiger partial charge in [0.25, 0.3) is 0 Å². The van der Waals surface area contributed by atoms with Gasteiger partial charge in [0.15, 0.2) is 0 Å². The van der Waals surface area contributed by atoms with Gasteiger partial charge in [-0.15, -0.1) is 0 Å². The molecule has 18 heavy (non-hydrogen) atoms. The van der Waals surface area contributed by atoms with Gasteiger partial charge in [-0.3, -0.25) is 0 Å². The summed E-state index contributed by atoms with van der Waals surface area (Å²) in [6.45, 7) is 6.25. The molecule has 0 saturated carbocycles. The summed E-state index contributed by atoms with van der Waals surface area (Å²) < 4.78 is 0. The van der Waals surface area contributed by atoms with Crippen molar-refractivity contribution in [2.75, 3.05) is 11.9 Å². The van der Waals surface area contributed by atoms with Crippen LogP contribution in [0.4, 0.5) is 5.69 Å². The molecule has 0 aromatic heterocycles. The standard InChI is InChI=1S/C14H21NO3/c1-14(2,3)12(8-9-16)15-11-7-5-4-6-10(11)13(17)18/h4-7,12,15-16H,8-9H2,1-3H3,(H,17,18). The third kappa shape index (κ3) is 3.74. The fourth-order valence-electron chi connectivity index (χ4n) is 1.83. The molecule has 0 bridgehead atoms. The summed E-state index contributed by atoms with van der Waals surface area (Å²) in [5, 5.41) is 21.5. The highest BCUT2D eigenvalue weighted by molar-refractivity contribution is 5.94. The van der Waals surface area contributed by atoms with Crippen LogP contribution in [0.3, 0.4) is 0 Å². The lowest BCUT2D eigenvalue weighted by Gasteiger charge is -2.32. The Morgan fingerprint density at radius 1 is 1.33 bits per heavy atom. The quantitative estimate of drug-likeness (QED) is 0.752. The largest absolute Gasteiger partial charge is 0.478 e. The van der Waals surface area contributed by atoms with Gasteiger partial charge in [-0.1, -0.05) is 32.9 Å². The number of aliphatic hydroxyl groups is 1. The third-order valence-corrected chi connectivity index (χ3v) is 2.95. The summed E-state index contributed by atoms with van der Waals surface area (Å²) in [4.78, 5) is 11.1. The van der Waals surface area contributed by atoms with Gasteiger partial charge in [-0.2, -0.15) is 0 Å². The van der Waals surface area contributed by atoms with Crippen LogP contribution < -0.4 is 5.32 Å². The van der Waals surface area contributed by atoms with E-state index >= 15 is 0 Å². The number of hydrogen-bond donors (Lipinski definition) is 3. The van der Waals surface area contributed by atoms with Crippen molar-refractivity contribution in [2.45, 2.75) is 33.2 Å². The number of nitrogens with one attached hydrogen (secondary N) is 1. The average molecular weight is 251 g/mol. The van der Waals surface area contributed by atoms with E-state index in [-0.39, 0.29) is 23.6 Å². The summed E-state index contributed by atoms with van der Waals surface area (Å²) in [6.07, 6.45) is 0.581. The molecule has 1 unspecified atom stereocenters. The van der Waals surface area contributed by atoms with Gasteiger partial charge < -0.3 is 15.5 Å². The van der Waals surface area contributed by atoms with E-state index in [9.17, 15) is 4.79 Å². The number of carboxylic acids is 1. The van der Waals surface area contributed by atoms with E-state index in [1.54, 1.807) is 24.3 Å². The van der Waals surface area contributed by atoms with Gasteiger partial charge in [0.1, 0.15) is 0 Å². The Kier molecular flexibility index (Phi) is 4.73. The van der Waals surface area contributed by atoms with E-state index in [1.807, 2.05) is 0 Å². The minimum absolute atomic E-state index is 0.0167. The molecule has 0 aliphatic rings. The van der Waals surface area contributed by atoms with Gasteiger partial charge in [0.2, 0.25) is 0 Å². The van der Waals surface area contributed by atoms with Gasteiger partial charge >= 0.3 is 5.97 Å². The van der Waals surface area contributed by atoms with Crippen LogP contribution in [0.2, 0.25) is 0 Å². The molecule has 0 fully saturated rings. The maximum Gasteiger partial charge on any atom is 0.337 e. The lowest BCUT2D eigenvalue weighted by molar-refractivity contribution is 0.0697. The van der Waals surface area contributed by atoms with Crippen molar-refractivity contribution in [2.24, 2.45) is 5.41 Å². The molecule has 0 saturated heterocycles. The molecule has 4 heteroatoms. The predicted molar refractivity (Wildman–Crippen MR) is 72.0 cm³/mol. The lowest BCUT2D eigenvalue weighted by atomic mass is 9.84. The average Bonchev–Trinajstić information content (AvgIpc) is 2.27. The number of anilines is 1. The van der Waals surface area contributed by atoms with Crippen LogP contribution >= 0.6 is 0 Å². The Morgan fingerprint density at radius 3 is 2.44 bits per heavy atom. The fraction of sp³-hybridized carbons (Fsp3) is 0.500. The van der Waals surface area contributed by atoms with Crippen molar-refractivity contribution >= 4 is 11.7 Å². The van der Waals surface area contributed by atoms with E-state index in [4.69, 9.17) is 10.2 Å². The van der Waals surface area contributed by atoms with Gasteiger partial charge in [-0.05, 0) is 24.0 Å². The Balaban J connectivity index is 2.97. The number of rotatable bonds is 5. The summed E-state index contributed by atoms with van der Waals surface area (Å²) in [6, 6.07) is 6.84. The maximum absolute atomic E-state index is 11.1. The van der Waals surface area contributed by atoms with Gasteiger partial charge in [0, 0.05) is 18.3 Å². The SMILES string of the molecule is CC(C)(C)C(CCO)Nc1ccccc1C(=O)O. The molecule has 1 aromatic rings. The zero-order valence-corrected chi connectivity index (χ0v) is 11.1. The highest BCUT2D eigenvalue weighted by atomic mass is 16.4. The first-order valence-electron chi connectivity index (χ1n) is 6.06. The second-order valence-electron chi connectivity index (χ2n) is 5.43. The van der Waals surface area contributed by atoms with Crippen molar-refractivity contribution in [3.63, 3.8) is 0 Å². The van der Waals surface area contributed by atoms with Crippen LogP contribution in [0, 0.1) is 5.41 Å². The summed E-state index contributed by atoms with van der Waals surface area (Å²) in [5.41, 5.74) is 0.789. The molecule has 1 atom stereocenters. The molecular weight excluding hydrogens is 230 g/mol. The number of para-hydroxylation sites is 1. The van der Waals surface area contributed by atoms with E-state index in [1.165, 1.54) is 0 Å². The fourth-order valence-corrected chi connectivity index (χ4v) is 1.83. The van der Waals surface area contributed by atoms with Crippen LogP contribution in [0.5, 0.6) is 0 Å². The number of benzene rings is 1. The molecular formula is C14H21NO3. The first kappa shape index (κ1) is 14.5. The highest BCUT2D eigenvalue weighted by Crippen LogP contribution is 2.27. The van der Waals surface area contributed by atoms with Crippen LogP contribution in [-0.4, -0.2) is 28.8 Å². The maximum atomic E-state index is 11.1. The predicted octanol–water partition coefficient (Wildman–Crippen LogP) is 2.59. The molecule has 0 aliphatic carbocycles. The third-order valence-electron chi connectivity index (χ3n) is 2.95. The Hall–Kier alpha value is -1.55. The first-order valence-corrected chi connectivity index (χ1v) is 6.06. The number of carboxylic acid groups (broad SMARTS) is 1. The molecule has 1 rings (SSSR count). The minimum Gasteiger partial charge on any atom is -0.478 e. The lowest BCUT2D eigenvalue weighted by Crippen LogP contribution is -2.35. The van der Waals surface area contributed by atoms with Crippen LogP contribution in [0.15, 0.2) is 24.3 Å². The second-order valence-corrected chi connectivity index (χ2v) is 5.43. The van der Waals surface area contributed by atoms with E-state index < -0.39 is 5.97 Å². The molecule has 0 spiro atoms. The first-order chi connectivity index (χ1) is 8.36. The summed E-state index contributed by atoms with van der Waals surface area (Å²) >= 11 is 0. The van der Waals surface area contributed by atoms with Crippen molar-refractivity contribution < 1.29 is 15.0 Å². The summed E-state index contributed by atoms with van der Waals surface area (Å²) in [7, 11) is 0. The molecule has 1 aromatic carbocycles. The topological polar surface area (TPSA) is 69.6 Å². The van der Waals surface area contributed by atoms with Crippen LogP contribution in [0.25, 0.3) is 0 Å². The van der Waals surface area contributed by atoms with Crippen molar-refractivity contribution in [1.29, 1.82) is 0 Å². The zero-order chi connectivity index (χ0) is 13.8. The van der Waals surface area contributed by atoms with E-state index in [2.05, 4.69) is 26.1 Å². The van der Waals surface area contributed by atoms with Crippen LogP contribution in [-0.2, 0) is 0 Å². The number of aliphatic hydroxyl groups excluding tert-OH is 1. The molecule has 3 N–H and O–H groups in total. The van der Waals surface area contributed by atoms with Crippen molar-refractivity contribution in [3.05, 3.63) is 29.8 Å². The number of aromatic carboxylic acids is 1. The monoisotopic (exact) mass is 251 g/mol. The molecule has 100 valence electrons. The van der Waals surface area contributed by atoms with E-state index in [0.717, 1.165) is 0 Å². The molecule has 0 radical (unpaired) electrons. The molecule has 4 nitrogen and oxygen atoms in total. The van der Waals surface area contributed by atoms with Gasteiger partial charge in [0.05, 0.1) is 5.56 Å². The van der Waals surface area contributed by atoms with Gasteiger partial charge in [-0.25, -0.2) is 4.79 Å². The normalized spacial score (nSPS) is 13.1. The Bertz CT molecular complexity index is 410. The number of carbonyl (C=O) groups is 1. The Labute approximate surface area is 108 Å². The molecule has 0 amide bonds. The molecule has 0 heterocycles. The summed E-state index contributed by atoms with van der Waals surface area (Å²) in [5.74, 6) is -0.949. The number of hydrogen-bond acceptors (Lipinski definition) is 3.